The molecule has 2 aromatic rings. The molecule has 0 fully saturated rings. The summed E-state index contributed by atoms with van der Waals surface area (Å²) in [5.74, 6) is 0.233. The van der Waals surface area contributed by atoms with Gasteiger partial charge < -0.3 is 9.32 Å². The molecule has 124 valence electrons. The molecule has 1 aromatic carbocycles. The monoisotopic (exact) mass is 335 g/mol. The van der Waals surface area contributed by atoms with Crippen molar-refractivity contribution in [2.75, 3.05) is 12.8 Å². The Labute approximate surface area is 136 Å². The first-order chi connectivity index (χ1) is 10.8. The van der Waals surface area contributed by atoms with Crippen LogP contribution in [-0.4, -0.2) is 32.0 Å². The van der Waals surface area contributed by atoms with Gasteiger partial charge in [-0.3, -0.25) is 4.79 Å². The molecule has 0 N–H and O–H groups in total. The Kier molecular flexibility index (Phi) is 5.26. The van der Waals surface area contributed by atoms with E-state index in [2.05, 4.69) is 0 Å². The molecule has 0 aliphatic carbocycles. The number of furan rings is 1. The van der Waals surface area contributed by atoms with Crippen molar-refractivity contribution in [2.24, 2.45) is 0 Å². The summed E-state index contributed by atoms with van der Waals surface area (Å²) >= 11 is 0. The van der Waals surface area contributed by atoms with E-state index >= 15 is 0 Å². The fourth-order valence-corrected chi connectivity index (χ4v) is 3.43. The standard InChI is InChI=1S/C17H21NO4S/c1-13-6-8-15(9-7-13)23(20,21)12-10-17(19)18(3)14(2)16-5-4-11-22-16/h4-9,11,14H,10,12H2,1-3H3. The molecule has 0 aliphatic heterocycles. The number of hydrogen-bond donors (Lipinski definition) is 0. The van der Waals surface area contributed by atoms with Crippen molar-refractivity contribution < 1.29 is 17.6 Å². The third kappa shape index (κ3) is 4.22. The number of nitrogens with zero attached hydrogens (tertiary/aromatic N) is 1. The van der Waals surface area contributed by atoms with Crippen LogP contribution < -0.4 is 0 Å². The van der Waals surface area contributed by atoms with Gasteiger partial charge in [0.1, 0.15) is 5.76 Å². The second-order valence-electron chi connectivity index (χ2n) is 5.58. The smallest absolute Gasteiger partial charge is 0.223 e. The summed E-state index contributed by atoms with van der Waals surface area (Å²) in [5, 5.41) is 0. The van der Waals surface area contributed by atoms with Crippen molar-refractivity contribution in [3.05, 3.63) is 54.0 Å². The van der Waals surface area contributed by atoms with Gasteiger partial charge in [0.2, 0.25) is 5.91 Å². The number of amides is 1. The molecular formula is C17H21NO4S. The fraction of sp³-hybridized carbons (Fsp3) is 0.353. The second-order valence-corrected chi connectivity index (χ2v) is 7.69. The maximum Gasteiger partial charge on any atom is 0.223 e. The van der Waals surface area contributed by atoms with E-state index < -0.39 is 9.84 Å². The van der Waals surface area contributed by atoms with Crippen LogP contribution in [-0.2, 0) is 14.6 Å². The third-order valence-electron chi connectivity index (χ3n) is 3.89. The predicted molar refractivity (Wildman–Crippen MR) is 87.7 cm³/mol. The number of carbonyl (C=O) groups is 1. The van der Waals surface area contributed by atoms with Gasteiger partial charge in [-0.1, -0.05) is 17.7 Å². The minimum atomic E-state index is -3.46. The van der Waals surface area contributed by atoms with Crippen LogP contribution in [0.4, 0.5) is 0 Å². The molecule has 0 bridgehead atoms. The van der Waals surface area contributed by atoms with Gasteiger partial charge in [-0.15, -0.1) is 0 Å². The van der Waals surface area contributed by atoms with Crippen molar-refractivity contribution >= 4 is 15.7 Å². The lowest BCUT2D eigenvalue weighted by Crippen LogP contribution is -2.30. The van der Waals surface area contributed by atoms with E-state index in [4.69, 9.17) is 4.42 Å². The molecule has 1 heterocycles. The number of carbonyl (C=O) groups excluding carboxylic acids is 1. The lowest BCUT2D eigenvalue weighted by Gasteiger charge is -2.23. The minimum absolute atomic E-state index is 0.0578. The van der Waals surface area contributed by atoms with E-state index in [1.807, 2.05) is 13.8 Å². The Morgan fingerprint density at radius 2 is 1.87 bits per heavy atom. The quantitative estimate of drug-likeness (QED) is 0.814. The molecule has 1 unspecified atom stereocenters. The average Bonchev–Trinajstić information content (AvgIpc) is 3.06. The first-order valence-corrected chi connectivity index (χ1v) is 9.05. The summed E-state index contributed by atoms with van der Waals surface area (Å²) in [4.78, 5) is 14.0. The van der Waals surface area contributed by atoms with Crippen molar-refractivity contribution in [3.8, 4) is 0 Å². The lowest BCUT2D eigenvalue weighted by molar-refractivity contribution is -0.131. The molecule has 6 heteroatoms. The normalized spacial score (nSPS) is 12.8. The molecule has 0 spiro atoms. The summed E-state index contributed by atoms with van der Waals surface area (Å²) < 4.78 is 29.8. The summed E-state index contributed by atoms with van der Waals surface area (Å²) in [5.41, 5.74) is 0.993. The molecule has 0 aliphatic rings. The van der Waals surface area contributed by atoms with Gasteiger partial charge in [-0.2, -0.15) is 0 Å². The van der Waals surface area contributed by atoms with Crippen LogP contribution in [0.15, 0.2) is 52.0 Å². The molecular weight excluding hydrogens is 314 g/mol. The van der Waals surface area contributed by atoms with E-state index in [-0.39, 0.29) is 29.0 Å². The van der Waals surface area contributed by atoms with Crippen LogP contribution in [0.25, 0.3) is 0 Å². The molecule has 1 amide bonds. The van der Waals surface area contributed by atoms with Gasteiger partial charge in [0.25, 0.3) is 0 Å². The van der Waals surface area contributed by atoms with Crippen LogP contribution in [0.3, 0.4) is 0 Å². The fourth-order valence-electron chi connectivity index (χ4n) is 2.20. The van der Waals surface area contributed by atoms with E-state index in [9.17, 15) is 13.2 Å². The number of hydrogen-bond acceptors (Lipinski definition) is 4. The maximum atomic E-state index is 12.3. The Balaban J connectivity index is 1.99. The van der Waals surface area contributed by atoms with Gasteiger partial charge in [-0.05, 0) is 38.1 Å². The predicted octanol–water partition coefficient (Wildman–Crippen LogP) is 2.97. The first kappa shape index (κ1) is 17.3. The van der Waals surface area contributed by atoms with E-state index in [1.165, 1.54) is 4.90 Å². The number of benzene rings is 1. The topological polar surface area (TPSA) is 67.6 Å². The van der Waals surface area contributed by atoms with Crippen LogP contribution in [0, 0.1) is 6.92 Å². The molecule has 1 atom stereocenters. The zero-order valence-corrected chi connectivity index (χ0v) is 14.3. The Morgan fingerprint density at radius 3 is 2.43 bits per heavy atom. The number of rotatable bonds is 6. The third-order valence-corrected chi connectivity index (χ3v) is 5.63. The van der Waals surface area contributed by atoms with E-state index in [1.54, 1.807) is 49.7 Å². The van der Waals surface area contributed by atoms with E-state index in [0.717, 1.165) is 5.56 Å². The largest absolute Gasteiger partial charge is 0.467 e. The maximum absolute atomic E-state index is 12.3. The number of aryl methyl sites for hydroxylation is 1. The van der Waals surface area contributed by atoms with Gasteiger partial charge in [0.15, 0.2) is 9.84 Å². The molecule has 1 aromatic heterocycles. The van der Waals surface area contributed by atoms with E-state index in [0.29, 0.717) is 5.76 Å². The summed E-state index contributed by atoms with van der Waals surface area (Å²) in [7, 11) is -1.81. The van der Waals surface area contributed by atoms with Gasteiger partial charge in [-0.25, -0.2) is 8.42 Å². The molecule has 2 rings (SSSR count). The average molecular weight is 335 g/mol. The summed E-state index contributed by atoms with van der Waals surface area (Å²) in [6.45, 7) is 3.73. The summed E-state index contributed by atoms with van der Waals surface area (Å²) in [6.07, 6.45) is 1.49. The highest BCUT2D eigenvalue weighted by molar-refractivity contribution is 7.91. The number of sulfone groups is 1. The minimum Gasteiger partial charge on any atom is -0.467 e. The van der Waals surface area contributed by atoms with Gasteiger partial charge >= 0.3 is 0 Å². The van der Waals surface area contributed by atoms with Crippen molar-refractivity contribution in [1.82, 2.24) is 4.90 Å². The molecule has 0 radical (unpaired) electrons. The first-order valence-electron chi connectivity index (χ1n) is 7.40. The second kappa shape index (κ2) is 7.00. The SMILES string of the molecule is Cc1ccc(S(=O)(=O)CCC(=O)N(C)C(C)c2ccco2)cc1. The Hall–Kier alpha value is -2.08. The Bertz CT molecular complexity index is 748. The summed E-state index contributed by atoms with van der Waals surface area (Å²) in [6, 6.07) is 9.96. The highest BCUT2D eigenvalue weighted by atomic mass is 32.2. The van der Waals surface area contributed by atoms with Crippen LogP contribution in [0.2, 0.25) is 0 Å². The molecule has 0 saturated carbocycles. The molecule has 0 saturated heterocycles. The van der Waals surface area contributed by atoms with Crippen LogP contribution in [0.1, 0.15) is 30.7 Å². The highest BCUT2D eigenvalue weighted by Crippen LogP contribution is 2.20. The lowest BCUT2D eigenvalue weighted by atomic mass is 10.2. The zero-order chi connectivity index (χ0) is 17.0. The van der Waals surface area contributed by atoms with Crippen LogP contribution in [0.5, 0.6) is 0 Å². The zero-order valence-electron chi connectivity index (χ0n) is 13.5. The molecule has 23 heavy (non-hydrogen) atoms. The van der Waals surface area contributed by atoms with Crippen LogP contribution >= 0.6 is 0 Å². The van der Waals surface area contributed by atoms with Crippen molar-refractivity contribution in [2.45, 2.75) is 31.2 Å². The van der Waals surface area contributed by atoms with Gasteiger partial charge in [0, 0.05) is 13.5 Å². The Morgan fingerprint density at radius 1 is 1.22 bits per heavy atom. The van der Waals surface area contributed by atoms with Crippen molar-refractivity contribution in [3.63, 3.8) is 0 Å². The molecule has 5 nitrogen and oxygen atoms in total. The van der Waals surface area contributed by atoms with Gasteiger partial charge in [0.05, 0.1) is 23.0 Å². The van der Waals surface area contributed by atoms with Crippen molar-refractivity contribution in [1.29, 1.82) is 0 Å². The highest BCUT2D eigenvalue weighted by Gasteiger charge is 2.22.